The van der Waals surface area contributed by atoms with Crippen LogP contribution in [0.5, 0.6) is 0 Å². The fourth-order valence-electron chi connectivity index (χ4n) is 2.31. The normalized spacial score (nSPS) is 17.4. The van der Waals surface area contributed by atoms with E-state index in [-0.39, 0.29) is 0 Å². The van der Waals surface area contributed by atoms with Crippen LogP contribution in [-0.2, 0) is 0 Å². The minimum Gasteiger partial charge on any atom is -0.373 e. The molecule has 88 valence electrons. The Kier molecular flexibility index (Phi) is 4.08. The number of para-hydroxylation sites is 1. The van der Waals surface area contributed by atoms with Crippen LogP contribution in [0.3, 0.4) is 0 Å². The van der Waals surface area contributed by atoms with Crippen molar-refractivity contribution in [3.63, 3.8) is 0 Å². The Labute approximate surface area is 103 Å². The molecule has 1 N–H and O–H groups in total. The van der Waals surface area contributed by atoms with E-state index in [2.05, 4.69) is 23.3 Å². The van der Waals surface area contributed by atoms with Gasteiger partial charge in [-0.25, -0.2) is 0 Å². The molecule has 0 saturated carbocycles. The predicted molar refractivity (Wildman–Crippen MR) is 70.3 cm³/mol. The lowest BCUT2D eigenvalue weighted by atomic mass is 9.97. The van der Waals surface area contributed by atoms with Crippen LogP contribution in [0.15, 0.2) is 24.3 Å². The molecule has 1 aromatic carbocycles. The number of nitrogens with zero attached hydrogens (tertiary/aromatic N) is 1. The van der Waals surface area contributed by atoms with Gasteiger partial charge in [-0.2, -0.15) is 0 Å². The van der Waals surface area contributed by atoms with E-state index in [1.54, 1.807) is 0 Å². The molecule has 0 bridgehead atoms. The summed E-state index contributed by atoms with van der Waals surface area (Å²) in [6.45, 7) is 3.41. The van der Waals surface area contributed by atoms with Gasteiger partial charge in [0.2, 0.25) is 0 Å². The van der Waals surface area contributed by atoms with Crippen molar-refractivity contribution in [1.29, 1.82) is 0 Å². The number of hydrogen-bond donors (Lipinski definition) is 1. The smallest absolute Gasteiger partial charge is 0.0639 e. The van der Waals surface area contributed by atoms with Crippen LogP contribution >= 0.6 is 11.6 Å². The van der Waals surface area contributed by atoms with Crippen molar-refractivity contribution in [2.24, 2.45) is 5.92 Å². The Hall–Kier alpha value is -0.730. The molecule has 0 aliphatic carbocycles. The maximum Gasteiger partial charge on any atom is 0.0639 e. The Morgan fingerprint density at radius 3 is 2.69 bits per heavy atom. The highest BCUT2D eigenvalue weighted by atomic mass is 35.5. The average Bonchev–Trinajstić information content (AvgIpc) is 2.31. The molecule has 0 unspecified atom stereocenters. The SMILES string of the molecule is CN(CC1CCNCC1)c1ccccc1Cl. The Bertz CT molecular complexity index is 334. The number of rotatable bonds is 3. The minimum absolute atomic E-state index is 0.794. The molecule has 0 spiro atoms. The van der Waals surface area contributed by atoms with E-state index in [9.17, 15) is 0 Å². The van der Waals surface area contributed by atoms with E-state index < -0.39 is 0 Å². The topological polar surface area (TPSA) is 15.3 Å². The van der Waals surface area contributed by atoms with E-state index in [0.717, 1.165) is 36.3 Å². The van der Waals surface area contributed by atoms with Crippen molar-refractivity contribution in [2.45, 2.75) is 12.8 Å². The molecule has 1 saturated heterocycles. The number of benzene rings is 1. The first-order valence-corrected chi connectivity index (χ1v) is 6.31. The number of nitrogens with one attached hydrogen (secondary N) is 1. The highest BCUT2D eigenvalue weighted by Gasteiger charge is 2.16. The third-order valence-corrected chi connectivity index (χ3v) is 3.57. The highest BCUT2D eigenvalue weighted by Crippen LogP contribution is 2.25. The zero-order valence-electron chi connectivity index (χ0n) is 9.75. The number of hydrogen-bond acceptors (Lipinski definition) is 2. The molecule has 0 atom stereocenters. The minimum atomic E-state index is 0.794. The summed E-state index contributed by atoms with van der Waals surface area (Å²) in [6.07, 6.45) is 2.55. The summed E-state index contributed by atoms with van der Waals surface area (Å²) >= 11 is 6.18. The second-order valence-corrected chi connectivity index (χ2v) is 4.93. The van der Waals surface area contributed by atoms with Gasteiger partial charge in [0.25, 0.3) is 0 Å². The van der Waals surface area contributed by atoms with Crippen LogP contribution in [0.4, 0.5) is 5.69 Å². The number of anilines is 1. The van der Waals surface area contributed by atoms with Gasteiger partial charge < -0.3 is 10.2 Å². The first-order valence-electron chi connectivity index (χ1n) is 5.94. The van der Waals surface area contributed by atoms with Gasteiger partial charge >= 0.3 is 0 Å². The van der Waals surface area contributed by atoms with Crippen molar-refractivity contribution in [1.82, 2.24) is 5.32 Å². The highest BCUT2D eigenvalue weighted by molar-refractivity contribution is 6.33. The Morgan fingerprint density at radius 1 is 1.31 bits per heavy atom. The Balaban J connectivity index is 1.96. The molecule has 16 heavy (non-hydrogen) atoms. The van der Waals surface area contributed by atoms with Gasteiger partial charge in [0, 0.05) is 13.6 Å². The van der Waals surface area contributed by atoms with Crippen molar-refractivity contribution < 1.29 is 0 Å². The van der Waals surface area contributed by atoms with Crippen LogP contribution in [0.25, 0.3) is 0 Å². The summed E-state index contributed by atoms with van der Waals surface area (Å²) in [5.74, 6) is 0.794. The lowest BCUT2D eigenvalue weighted by Crippen LogP contribution is -2.34. The number of piperidine rings is 1. The summed E-state index contributed by atoms with van der Waals surface area (Å²) < 4.78 is 0. The Morgan fingerprint density at radius 2 is 2.00 bits per heavy atom. The molecular formula is C13H19ClN2. The van der Waals surface area contributed by atoms with Gasteiger partial charge in [0.1, 0.15) is 0 Å². The van der Waals surface area contributed by atoms with Crippen molar-refractivity contribution >= 4 is 17.3 Å². The van der Waals surface area contributed by atoms with Crippen molar-refractivity contribution in [3.8, 4) is 0 Å². The van der Waals surface area contributed by atoms with Crippen molar-refractivity contribution in [3.05, 3.63) is 29.3 Å². The zero-order chi connectivity index (χ0) is 11.4. The molecule has 1 heterocycles. The first-order chi connectivity index (χ1) is 7.77. The quantitative estimate of drug-likeness (QED) is 0.871. The van der Waals surface area contributed by atoms with Gasteiger partial charge in [-0.05, 0) is 44.0 Å². The fourth-order valence-corrected chi connectivity index (χ4v) is 2.59. The monoisotopic (exact) mass is 238 g/mol. The average molecular weight is 239 g/mol. The standard InChI is InChI=1S/C13H19ClN2/c1-16(10-11-6-8-15-9-7-11)13-5-3-2-4-12(13)14/h2-5,11,15H,6-10H2,1H3. The summed E-state index contributed by atoms with van der Waals surface area (Å²) in [5, 5.41) is 4.24. The molecule has 0 amide bonds. The molecule has 1 aromatic rings. The summed E-state index contributed by atoms with van der Waals surface area (Å²) in [7, 11) is 2.13. The lowest BCUT2D eigenvalue weighted by Gasteiger charge is -2.29. The summed E-state index contributed by atoms with van der Waals surface area (Å²) in [5.41, 5.74) is 1.14. The molecule has 3 heteroatoms. The maximum absolute atomic E-state index is 6.18. The molecule has 1 aliphatic heterocycles. The molecule has 2 rings (SSSR count). The molecular weight excluding hydrogens is 220 g/mol. The fraction of sp³-hybridized carbons (Fsp3) is 0.538. The largest absolute Gasteiger partial charge is 0.373 e. The van der Waals surface area contributed by atoms with Gasteiger partial charge in [0.15, 0.2) is 0 Å². The van der Waals surface area contributed by atoms with Crippen LogP contribution in [-0.4, -0.2) is 26.7 Å². The molecule has 1 aliphatic rings. The van der Waals surface area contributed by atoms with Crippen LogP contribution in [0.2, 0.25) is 5.02 Å². The third-order valence-electron chi connectivity index (χ3n) is 3.25. The molecule has 0 radical (unpaired) electrons. The lowest BCUT2D eigenvalue weighted by molar-refractivity contribution is 0.378. The zero-order valence-corrected chi connectivity index (χ0v) is 10.5. The van der Waals surface area contributed by atoms with Gasteiger partial charge in [-0.15, -0.1) is 0 Å². The van der Waals surface area contributed by atoms with Crippen LogP contribution < -0.4 is 10.2 Å². The van der Waals surface area contributed by atoms with Crippen LogP contribution in [0.1, 0.15) is 12.8 Å². The molecule has 1 fully saturated rings. The van der Waals surface area contributed by atoms with Gasteiger partial charge in [-0.3, -0.25) is 0 Å². The maximum atomic E-state index is 6.18. The molecule has 0 aromatic heterocycles. The molecule has 2 nitrogen and oxygen atoms in total. The predicted octanol–water partition coefficient (Wildman–Crippen LogP) is 2.78. The van der Waals surface area contributed by atoms with E-state index >= 15 is 0 Å². The first kappa shape index (κ1) is 11.7. The number of halogens is 1. The van der Waals surface area contributed by atoms with E-state index in [1.165, 1.54) is 12.8 Å². The second-order valence-electron chi connectivity index (χ2n) is 4.53. The van der Waals surface area contributed by atoms with E-state index in [4.69, 9.17) is 11.6 Å². The summed E-state index contributed by atoms with van der Waals surface area (Å²) in [4.78, 5) is 2.28. The van der Waals surface area contributed by atoms with Crippen molar-refractivity contribution in [2.75, 3.05) is 31.6 Å². The van der Waals surface area contributed by atoms with Gasteiger partial charge in [0.05, 0.1) is 10.7 Å². The van der Waals surface area contributed by atoms with Gasteiger partial charge in [-0.1, -0.05) is 23.7 Å². The third kappa shape index (κ3) is 2.89. The van der Waals surface area contributed by atoms with E-state index in [0.29, 0.717) is 0 Å². The summed E-state index contributed by atoms with van der Waals surface area (Å²) in [6, 6.07) is 8.06. The second kappa shape index (κ2) is 5.55. The van der Waals surface area contributed by atoms with Crippen LogP contribution in [0, 0.1) is 5.92 Å². The van der Waals surface area contributed by atoms with E-state index in [1.807, 2.05) is 18.2 Å².